The molecule has 0 amide bonds. The molecule has 2 nitrogen and oxygen atoms in total. The Morgan fingerprint density at radius 3 is 2.58 bits per heavy atom. The maximum atomic E-state index is 5.87. The molecule has 0 unspecified atom stereocenters. The van der Waals surface area contributed by atoms with E-state index in [4.69, 9.17) is 4.74 Å². The highest BCUT2D eigenvalue weighted by Gasteiger charge is 2.06. The van der Waals surface area contributed by atoms with E-state index in [0.29, 0.717) is 6.61 Å². The van der Waals surface area contributed by atoms with Crippen LogP contribution in [0.4, 0.5) is 0 Å². The molecule has 0 saturated carbocycles. The molecular formula is C16H18BrNO. The Morgan fingerprint density at radius 1 is 1.05 bits per heavy atom. The van der Waals surface area contributed by atoms with Gasteiger partial charge in [0.2, 0.25) is 0 Å². The minimum absolute atomic E-state index is 0.587. The van der Waals surface area contributed by atoms with Gasteiger partial charge in [-0.3, -0.25) is 0 Å². The van der Waals surface area contributed by atoms with E-state index in [0.717, 1.165) is 23.3 Å². The quantitative estimate of drug-likeness (QED) is 0.864. The van der Waals surface area contributed by atoms with Crippen molar-refractivity contribution in [1.82, 2.24) is 5.32 Å². The van der Waals surface area contributed by atoms with E-state index in [9.17, 15) is 0 Å². The summed E-state index contributed by atoms with van der Waals surface area (Å²) in [6.45, 7) is 4.49. The zero-order chi connectivity index (χ0) is 13.5. The Kier molecular flexibility index (Phi) is 5.43. The molecule has 0 aliphatic heterocycles. The summed E-state index contributed by atoms with van der Waals surface area (Å²) in [5, 5.41) is 3.32. The van der Waals surface area contributed by atoms with Gasteiger partial charge in [0, 0.05) is 6.54 Å². The third-order valence-electron chi connectivity index (χ3n) is 2.85. The molecule has 100 valence electrons. The first-order valence-electron chi connectivity index (χ1n) is 6.46. The van der Waals surface area contributed by atoms with E-state index in [-0.39, 0.29) is 0 Å². The highest BCUT2D eigenvalue weighted by atomic mass is 79.9. The highest BCUT2D eigenvalue weighted by molar-refractivity contribution is 9.10. The van der Waals surface area contributed by atoms with Crippen molar-refractivity contribution in [1.29, 1.82) is 0 Å². The van der Waals surface area contributed by atoms with Crippen molar-refractivity contribution < 1.29 is 4.74 Å². The van der Waals surface area contributed by atoms with Gasteiger partial charge in [0.05, 0.1) is 4.47 Å². The lowest BCUT2D eigenvalue weighted by Gasteiger charge is -2.12. The zero-order valence-electron chi connectivity index (χ0n) is 11.0. The monoisotopic (exact) mass is 319 g/mol. The third kappa shape index (κ3) is 4.08. The second-order valence-electron chi connectivity index (χ2n) is 4.28. The molecule has 0 spiro atoms. The van der Waals surface area contributed by atoms with E-state index >= 15 is 0 Å². The van der Waals surface area contributed by atoms with Crippen LogP contribution in [0.5, 0.6) is 5.75 Å². The Labute approximate surface area is 122 Å². The number of hydrogen-bond donors (Lipinski definition) is 1. The van der Waals surface area contributed by atoms with Crippen LogP contribution in [0.15, 0.2) is 53.0 Å². The van der Waals surface area contributed by atoms with Gasteiger partial charge < -0.3 is 10.1 Å². The SMILES string of the molecule is CCNCc1cccc(OCc2ccccc2)c1Br. The molecule has 2 aromatic rings. The average molecular weight is 320 g/mol. The van der Waals surface area contributed by atoms with Gasteiger partial charge >= 0.3 is 0 Å². The zero-order valence-corrected chi connectivity index (χ0v) is 12.6. The number of nitrogens with one attached hydrogen (secondary N) is 1. The van der Waals surface area contributed by atoms with Crippen molar-refractivity contribution in [2.24, 2.45) is 0 Å². The van der Waals surface area contributed by atoms with E-state index in [1.54, 1.807) is 0 Å². The van der Waals surface area contributed by atoms with E-state index < -0.39 is 0 Å². The van der Waals surface area contributed by atoms with Gasteiger partial charge in [-0.25, -0.2) is 0 Å². The molecule has 0 aromatic heterocycles. The second kappa shape index (κ2) is 7.31. The van der Waals surface area contributed by atoms with Crippen molar-refractivity contribution in [2.45, 2.75) is 20.1 Å². The van der Waals surface area contributed by atoms with Gasteiger partial charge in [0.15, 0.2) is 0 Å². The van der Waals surface area contributed by atoms with Crippen LogP contribution in [-0.2, 0) is 13.2 Å². The molecule has 3 heteroatoms. The van der Waals surface area contributed by atoms with Crippen molar-refractivity contribution in [3.63, 3.8) is 0 Å². The Bertz CT molecular complexity index is 513. The first kappa shape index (κ1) is 14.1. The van der Waals surface area contributed by atoms with Gasteiger partial charge in [0.25, 0.3) is 0 Å². The van der Waals surface area contributed by atoms with Crippen LogP contribution in [0.3, 0.4) is 0 Å². The van der Waals surface area contributed by atoms with Crippen molar-refractivity contribution in [3.8, 4) is 5.75 Å². The third-order valence-corrected chi connectivity index (χ3v) is 3.75. The van der Waals surface area contributed by atoms with Crippen molar-refractivity contribution >= 4 is 15.9 Å². The lowest BCUT2D eigenvalue weighted by molar-refractivity contribution is 0.304. The number of halogens is 1. The fraction of sp³-hybridized carbons (Fsp3) is 0.250. The molecule has 0 saturated heterocycles. The van der Waals surface area contributed by atoms with Gasteiger partial charge in [-0.2, -0.15) is 0 Å². The van der Waals surface area contributed by atoms with Gasteiger partial charge in [-0.05, 0) is 39.7 Å². The molecular weight excluding hydrogens is 302 g/mol. The van der Waals surface area contributed by atoms with Crippen LogP contribution in [0.1, 0.15) is 18.1 Å². The summed E-state index contributed by atoms with van der Waals surface area (Å²) in [7, 11) is 0. The fourth-order valence-electron chi connectivity index (χ4n) is 1.80. The number of ether oxygens (including phenoxy) is 1. The minimum atomic E-state index is 0.587. The first-order valence-corrected chi connectivity index (χ1v) is 7.25. The summed E-state index contributed by atoms with van der Waals surface area (Å²) in [6.07, 6.45) is 0. The summed E-state index contributed by atoms with van der Waals surface area (Å²) in [4.78, 5) is 0. The van der Waals surface area contributed by atoms with Crippen LogP contribution < -0.4 is 10.1 Å². The van der Waals surface area contributed by atoms with Gasteiger partial charge in [-0.1, -0.05) is 49.4 Å². The molecule has 2 aromatic carbocycles. The predicted molar refractivity (Wildman–Crippen MR) is 82.3 cm³/mol. The summed E-state index contributed by atoms with van der Waals surface area (Å²) in [6, 6.07) is 16.3. The molecule has 0 fully saturated rings. The second-order valence-corrected chi connectivity index (χ2v) is 5.08. The summed E-state index contributed by atoms with van der Waals surface area (Å²) >= 11 is 3.62. The maximum Gasteiger partial charge on any atom is 0.134 e. The van der Waals surface area contributed by atoms with Gasteiger partial charge in [-0.15, -0.1) is 0 Å². The predicted octanol–water partition coefficient (Wildman–Crippen LogP) is 4.14. The standard InChI is InChI=1S/C16H18BrNO/c1-2-18-11-14-9-6-10-15(16(14)17)19-12-13-7-4-3-5-8-13/h3-10,18H,2,11-12H2,1H3. The normalized spacial score (nSPS) is 10.4. The lowest BCUT2D eigenvalue weighted by Crippen LogP contribution is -2.12. The Hall–Kier alpha value is -1.32. The summed E-state index contributed by atoms with van der Waals surface area (Å²) in [5.74, 6) is 0.888. The number of benzene rings is 2. The Balaban J connectivity index is 2.04. The Morgan fingerprint density at radius 2 is 1.84 bits per heavy atom. The minimum Gasteiger partial charge on any atom is -0.488 e. The van der Waals surface area contributed by atoms with Crippen molar-refractivity contribution in [3.05, 3.63) is 64.1 Å². The lowest BCUT2D eigenvalue weighted by atomic mass is 10.2. The molecule has 0 radical (unpaired) electrons. The van der Waals surface area contributed by atoms with E-state index in [1.165, 1.54) is 11.1 Å². The molecule has 0 aliphatic rings. The van der Waals surface area contributed by atoms with Crippen LogP contribution in [-0.4, -0.2) is 6.54 Å². The summed E-state index contributed by atoms with van der Waals surface area (Å²) in [5.41, 5.74) is 2.39. The largest absolute Gasteiger partial charge is 0.488 e. The molecule has 0 aliphatic carbocycles. The molecule has 0 bridgehead atoms. The molecule has 0 atom stereocenters. The average Bonchev–Trinajstić information content (AvgIpc) is 2.46. The molecule has 2 rings (SSSR count). The molecule has 19 heavy (non-hydrogen) atoms. The maximum absolute atomic E-state index is 5.87. The summed E-state index contributed by atoms with van der Waals surface area (Å²) < 4.78 is 6.90. The van der Waals surface area contributed by atoms with Crippen LogP contribution in [0.2, 0.25) is 0 Å². The fourth-order valence-corrected chi connectivity index (χ4v) is 2.32. The number of rotatable bonds is 6. The van der Waals surface area contributed by atoms with E-state index in [2.05, 4.69) is 46.4 Å². The topological polar surface area (TPSA) is 21.3 Å². The van der Waals surface area contributed by atoms with Crippen LogP contribution in [0.25, 0.3) is 0 Å². The smallest absolute Gasteiger partial charge is 0.134 e. The van der Waals surface area contributed by atoms with Gasteiger partial charge in [0.1, 0.15) is 12.4 Å². The highest BCUT2D eigenvalue weighted by Crippen LogP contribution is 2.29. The van der Waals surface area contributed by atoms with Crippen molar-refractivity contribution in [2.75, 3.05) is 6.54 Å². The first-order chi connectivity index (χ1) is 9.31. The van der Waals surface area contributed by atoms with Crippen LogP contribution in [0, 0.1) is 0 Å². The number of hydrogen-bond acceptors (Lipinski definition) is 2. The molecule has 1 N–H and O–H groups in total. The van der Waals surface area contributed by atoms with Crippen LogP contribution >= 0.6 is 15.9 Å². The van der Waals surface area contributed by atoms with E-state index in [1.807, 2.05) is 30.3 Å². The molecule has 0 heterocycles.